The zero-order chi connectivity index (χ0) is 21.0. The predicted octanol–water partition coefficient (Wildman–Crippen LogP) is 1.89. The molecule has 0 amide bonds. The third-order valence-corrected chi connectivity index (χ3v) is 5.30. The van der Waals surface area contributed by atoms with Crippen molar-refractivity contribution in [3.05, 3.63) is 27.8 Å². The summed E-state index contributed by atoms with van der Waals surface area (Å²) in [5, 5.41) is 8.89. The molecule has 1 aliphatic carbocycles. The highest BCUT2D eigenvalue weighted by molar-refractivity contribution is 6.03. The summed E-state index contributed by atoms with van der Waals surface area (Å²) in [4.78, 5) is 25.7. The summed E-state index contributed by atoms with van der Waals surface area (Å²) in [5.41, 5.74) is 9.09. The van der Waals surface area contributed by atoms with Gasteiger partial charge in [-0.15, -0.1) is 0 Å². The summed E-state index contributed by atoms with van der Waals surface area (Å²) in [5.74, 6) is -3.15. The van der Waals surface area contributed by atoms with Gasteiger partial charge < -0.3 is 30.8 Å². The van der Waals surface area contributed by atoms with Crippen LogP contribution in [0.25, 0.3) is 10.9 Å². The molecule has 0 bridgehead atoms. The van der Waals surface area contributed by atoms with Crippen molar-refractivity contribution in [2.75, 3.05) is 23.7 Å². The maximum atomic E-state index is 15.3. The number of aromatic nitrogens is 1. The monoisotopic (exact) mass is 412 g/mol. The quantitative estimate of drug-likeness (QED) is 0.641. The number of aromatic carboxylic acids is 1. The van der Waals surface area contributed by atoms with Crippen LogP contribution in [0, 0.1) is 5.82 Å². The van der Waals surface area contributed by atoms with Gasteiger partial charge in [-0.3, -0.25) is 4.79 Å². The Morgan fingerprint density at radius 1 is 1.31 bits per heavy atom. The Bertz CT molecular complexity index is 1070. The van der Waals surface area contributed by atoms with Crippen LogP contribution in [0.15, 0.2) is 11.0 Å². The van der Waals surface area contributed by atoms with Crippen LogP contribution >= 0.6 is 0 Å². The number of carboxylic acids is 1. The number of benzene rings is 1. The summed E-state index contributed by atoms with van der Waals surface area (Å²) < 4.78 is 47.9. The van der Waals surface area contributed by atoms with Gasteiger partial charge in [-0.2, -0.15) is 8.78 Å². The molecule has 2 aliphatic rings. The minimum Gasteiger partial charge on any atom is -0.477 e. The molecule has 1 saturated heterocycles. The molecule has 11 heteroatoms. The molecule has 0 radical (unpaired) electrons. The Hall–Kier alpha value is -2.95. The van der Waals surface area contributed by atoms with Gasteiger partial charge in [0.1, 0.15) is 11.3 Å². The van der Waals surface area contributed by atoms with Crippen LogP contribution in [-0.2, 0) is 0 Å². The van der Waals surface area contributed by atoms with Crippen LogP contribution in [0.4, 0.5) is 24.5 Å². The van der Waals surface area contributed by atoms with Crippen molar-refractivity contribution in [1.29, 1.82) is 0 Å². The number of nitrogen functional groups attached to an aromatic ring is 1. The summed E-state index contributed by atoms with van der Waals surface area (Å²) in [6, 6.07) is -0.513. The molecular formula is C18H19F3N4O4. The predicted molar refractivity (Wildman–Crippen MR) is 99.2 cm³/mol. The molecule has 2 heterocycles. The van der Waals surface area contributed by atoms with Gasteiger partial charge in [0.2, 0.25) is 5.43 Å². The number of halogens is 3. The number of anilines is 2. The van der Waals surface area contributed by atoms with E-state index in [1.807, 2.05) is 0 Å². The van der Waals surface area contributed by atoms with E-state index in [1.165, 1.54) is 9.47 Å². The van der Waals surface area contributed by atoms with Crippen molar-refractivity contribution in [3.8, 4) is 5.75 Å². The number of carbonyl (C=O) groups is 1. The Labute approximate surface area is 162 Å². The van der Waals surface area contributed by atoms with Crippen LogP contribution in [0.1, 0.15) is 35.7 Å². The number of fused-ring (bicyclic) bond motifs is 1. The molecular weight excluding hydrogens is 393 g/mol. The Kier molecular flexibility index (Phi) is 4.56. The summed E-state index contributed by atoms with van der Waals surface area (Å²) >= 11 is 0. The average molecular weight is 412 g/mol. The standard InChI is InChI=1S/C18H19F3N4O4/c19-11-12(23)10-13(25(8-1-2-8)6-9(15(10)26)17(27)28)16(29-18(20)21)14(11)24-4-3-7(22)5-24/h6-8,18H,1-5,22-23H2,(H,27,28). The molecule has 4 rings (SSSR count). The maximum absolute atomic E-state index is 15.3. The van der Waals surface area contributed by atoms with Crippen molar-refractivity contribution in [2.24, 2.45) is 5.73 Å². The summed E-state index contributed by atoms with van der Waals surface area (Å²) in [6.45, 7) is -2.80. The lowest BCUT2D eigenvalue weighted by Gasteiger charge is -2.26. The fourth-order valence-electron chi connectivity index (χ4n) is 3.83. The van der Waals surface area contributed by atoms with E-state index in [0.717, 1.165) is 6.20 Å². The first kappa shape index (κ1) is 19.4. The van der Waals surface area contributed by atoms with E-state index in [9.17, 15) is 23.5 Å². The van der Waals surface area contributed by atoms with Gasteiger partial charge >= 0.3 is 12.6 Å². The molecule has 1 atom stereocenters. The SMILES string of the molecule is Nc1c(F)c(N2CCC(N)C2)c(OC(F)F)c2c1c(=O)c(C(=O)O)cn2C1CC1. The number of nitrogens with two attached hydrogens (primary N) is 2. The molecule has 5 N–H and O–H groups in total. The van der Waals surface area contributed by atoms with Crippen molar-refractivity contribution < 1.29 is 27.8 Å². The van der Waals surface area contributed by atoms with Gasteiger partial charge in [-0.05, 0) is 19.3 Å². The van der Waals surface area contributed by atoms with E-state index in [-0.39, 0.29) is 29.8 Å². The van der Waals surface area contributed by atoms with Gasteiger partial charge in [-0.25, -0.2) is 9.18 Å². The lowest BCUT2D eigenvalue weighted by Crippen LogP contribution is -2.29. The van der Waals surface area contributed by atoms with Gasteiger partial charge in [0, 0.05) is 31.4 Å². The lowest BCUT2D eigenvalue weighted by atomic mass is 10.1. The second-order valence-electron chi connectivity index (χ2n) is 7.32. The summed E-state index contributed by atoms with van der Waals surface area (Å²) in [7, 11) is 0. The molecule has 156 valence electrons. The Morgan fingerprint density at radius 2 is 2.00 bits per heavy atom. The van der Waals surface area contributed by atoms with Crippen molar-refractivity contribution >= 4 is 28.2 Å². The van der Waals surface area contributed by atoms with Gasteiger partial charge in [0.25, 0.3) is 0 Å². The van der Waals surface area contributed by atoms with E-state index in [4.69, 9.17) is 16.2 Å². The molecule has 2 aromatic rings. The largest absolute Gasteiger partial charge is 0.477 e. The number of hydrogen-bond donors (Lipinski definition) is 3. The van der Waals surface area contributed by atoms with Crippen LogP contribution in [0.2, 0.25) is 0 Å². The van der Waals surface area contributed by atoms with Crippen molar-refractivity contribution in [2.45, 2.75) is 38.0 Å². The lowest BCUT2D eigenvalue weighted by molar-refractivity contribution is -0.0488. The number of pyridine rings is 1. The fraction of sp³-hybridized carbons (Fsp3) is 0.444. The van der Waals surface area contributed by atoms with Crippen LogP contribution in [0.5, 0.6) is 5.75 Å². The van der Waals surface area contributed by atoms with Crippen LogP contribution in [0.3, 0.4) is 0 Å². The molecule has 1 aromatic carbocycles. The molecule has 1 unspecified atom stereocenters. The third kappa shape index (κ3) is 3.15. The normalized spacial score (nSPS) is 19.3. The molecule has 1 aromatic heterocycles. The van der Waals surface area contributed by atoms with Gasteiger partial charge in [-0.1, -0.05) is 0 Å². The molecule has 29 heavy (non-hydrogen) atoms. The smallest absolute Gasteiger partial charge is 0.387 e. The highest BCUT2D eigenvalue weighted by Gasteiger charge is 2.35. The van der Waals surface area contributed by atoms with Gasteiger partial charge in [0.15, 0.2) is 11.6 Å². The zero-order valence-corrected chi connectivity index (χ0v) is 15.2. The highest BCUT2D eigenvalue weighted by Crippen LogP contribution is 2.47. The van der Waals surface area contributed by atoms with E-state index < -0.39 is 46.2 Å². The number of carboxylic acid groups (broad SMARTS) is 1. The number of hydrogen-bond acceptors (Lipinski definition) is 6. The second kappa shape index (κ2) is 6.83. The third-order valence-electron chi connectivity index (χ3n) is 5.30. The topological polar surface area (TPSA) is 124 Å². The zero-order valence-electron chi connectivity index (χ0n) is 15.2. The Balaban J connectivity index is 2.13. The average Bonchev–Trinajstić information content (AvgIpc) is 3.40. The van der Waals surface area contributed by atoms with Crippen molar-refractivity contribution in [1.82, 2.24) is 4.57 Å². The summed E-state index contributed by atoms with van der Waals surface area (Å²) in [6.07, 6.45) is 2.89. The molecule has 1 saturated carbocycles. The van der Waals surface area contributed by atoms with E-state index in [0.29, 0.717) is 25.8 Å². The molecule has 2 fully saturated rings. The number of rotatable bonds is 5. The van der Waals surface area contributed by atoms with E-state index >= 15 is 4.39 Å². The Morgan fingerprint density at radius 3 is 2.52 bits per heavy atom. The highest BCUT2D eigenvalue weighted by atomic mass is 19.3. The van der Waals surface area contributed by atoms with E-state index in [1.54, 1.807) is 0 Å². The molecule has 1 aliphatic heterocycles. The van der Waals surface area contributed by atoms with Gasteiger partial charge in [0.05, 0.1) is 16.6 Å². The minimum absolute atomic E-state index is 0.128. The number of alkyl halides is 2. The fourth-order valence-corrected chi connectivity index (χ4v) is 3.83. The first-order chi connectivity index (χ1) is 13.7. The molecule has 0 spiro atoms. The number of ether oxygens (including phenoxy) is 1. The van der Waals surface area contributed by atoms with Crippen molar-refractivity contribution in [3.63, 3.8) is 0 Å². The van der Waals surface area contributed by atoms with Crippen LogP contribution in [-0.4, -0.2) is 41.4 Å². The van der Waals surface area contributed by atoms with Crippen LogP contribution < -0.4 is 26.5 Å². The molecule has 8 nitrogen and oxygen atoms in total. The first-order valence-corrected chi connectivity index (χ1v) is 9.09. The number of nitrogens with zero attached hydrogens (tertiary/aromatic N) is 2. The maximum Gasteiger partial charge on any atom is 0.387 e. The first-order valence-electron chi connectivity index (χ1n) is 9.09. The minimum atomic E-state index is -3.29. The van der Waals surface area contributed by atoms with E-state index in [2.05, 4.69) is 0 Å². The second-order valence-corrected chi connectivity index (χ2v) is 7.32.